The molecule has 3 rings (SSSR count). The van der Waals surface area contributed by atoms with Crippen LogP contribution in [0.4, 0.5) is 0 Å². The number of nitrogens with zero attached hydrogens (tertiary/aromatic N) is 1. The first kappa shape index (κ1) is 13.6. The Balaban J connectivity index is 1.85. The Bertz CT molecular complexity index is 418. The van der Waals surface area contributed by atoms with E-state index in [4.69, 9.17) is 4.98 Å². The summed E-state index contributed by atoms with van der Waals surface area (Å²) in [6.45, 7) is 5.72. The quantitative estimate of drug-likeness (QED) is 0.879. The van der Waals surface area contributed by atoms with Crippen LogP contribution in [-0.2, 0) is 18.4 Å². The van der Waals surface area contributed by atoms with Crippen LogP contribution in [0.15, 0.2) is 0 Å². The lowest BCUT2D eigenvalue weighted by atomic mass is 9.95. The predicted molar refractivity (Wildman–Crippen MR) is 81.7 cm³/mol. The maximum atomic E-state index is 5.02. The third-order valence-corrected chi connectivity index (χ3v) is 6.27. The normalized spacial score (nSPS) is 29.9. The summed E-state index contributed by atoms with van der Waals surface area (Å²) in [6.07, 6.45) is 10.3. The van der Waals surface area contributed by atoms with Crippen molar-refractivity contribution in [1.29, 1.82) is 0 Å². The van der Waals surface area contributed by atoms with E-state index in [0.717, 1.165) is 12.5 Å². The Morgan fingerprint density at radius 2 is 2.26 bits per heavy atom. The fraction of sp³-hybridized carbons (Fsp3) is 0.812. The summed E-state index contributed by atoms with van der Waals surface area (Å²) in [5.74, 6) is 0.892. The SMILES string of the molecule is CCCNC1(c2nc3c(s2)CCC3)CCC(CC)C1. The predicted octanol–water partition coefficient (Wildman–Crippen LogP) is 4.04. The van der Waals surface area contributed by atoms with Crippen LogP contribution in [0.3, 0.4) is 0 Å². The first-order chi connectivity index (χ1) is 9.27. The molecule has 19 heavy (non-hydrogen) atoms. The molecule has 0 aliphatic heterocycles. The summed E-state index contributed by atoms with van der Waals surface area (Å²) in [6, 6.07) is 0. The van der Waals surface area contributed by atoms with Gasteiger partial charge in [0.05, 0.1) is 11.2 Å². The maximum absolute atomic E-state index is 5.02. The minimum atomic E-state index is 0.214. The van der Waals surface area contributed by atoms with Gasteiger partial charge in [-0.2, -0.15) is 0 Å². The van der Waals surface area contributed by atoms with Gasteiger partial charge < -0.3 is 5.32 Å². The summed E-state index contributed by atoms with van der Waals surface area (Å²) in [5, 5.41) is 5.27. The third kappa shape index (κ3) is 2.47. The average molecular weight is 278 g/mol. The van der Waals surface area contributed by atoms with E-state index in [1.165, 1.54) is 62.1 Å². The van der Waals surface area contributed by atoms with Gasteiger partial charge in [0.1, 0.15) is 5.01 Å². The largest absolute Gasteiger partial charge is 0.305 e. The highest BCUT2D eigenvalue weighted by atomic mass is 32.1. The van der Waals surface area contributed by atoms with Crippen molar-refractivity contribution in [3.63, 3.8) is 0 Å². The van der Waals surface area contributed by atoms with Crippen LogP contribution in [0.5, 0.6) is 0 Å². The van der Waals surface area contributed by atoms with E-state index in [1.54, 1.807) is 4.88 Å². The molecule has 1 saturated carbocycles. The summed E-state index contributed by atoms with van der Waals surface area (Å²) in [7, 11) is 0. The van der Waals surface area contributed by atoms with Gasteiger partial charge in [-0.15, -0.1) is 11.3 Å². The van der Waals surface area contributed by atoms with E-state index in [9.17, 15) is 0 Å². The molecule has 106 valence electrons. The third-order valence-electron chi connectivity index (χ3n) is 4.91. The first-order valence-electron chi connectivity index (χ1n) is 8.01. The van der Waals surface area contributed by atoms with Crippen molar-refractivity contribution in [2.75, 3.05) is 6.54 Å². The summed E-state index contributed by atoms with van der Waals surface area (Å²) in [5.41, 5.74) is 1.63. The Kier molecular flexibility index (Phi) is 3.95. The van der Waals surface area contributed by atoms with Crippen LogP contribution >= 0.6 is 11.3 Å². The van der Waals surface area contributed by atoms with E-state index in [2.05, 4.69) is 19.2 Å². The molecular weight excluding hydrogens is 252 g/mol. The molecule has 2 nitrogen and oxygen atoms in total. The lowest BCUT2D eigenvalue weighted by molar-refractivity contribution is 0.324. The zero-order valence-electron chi connectivity index (χ0n) is 12.3. The zero-order chi connectivity index (χ0) is 13.3. The minimum absolute atomic E-state index is 0.214. The van der Waals surface area contributed by atoms with E-state index in [1.807, 2.05) is 11.3 Å². The molecule has 0 saturated heterocycles. The van der Waals surface area contributed by atoms with Gasteiger partial charge in [-0.25, -0.2) is 4.98 Å². The van der Waals surface area contributed by atoms with Gasteiger partial charge in [0.15, 0.2) is 0 Å². The number of rotatable bonds is 5. The molecule has 1 aromatic rings. The van der Waals surface area contributed by atoms with Crippen molar-refractivity contribution in [3.8, 4) is 0 Å². The number of aromatic nitrogens is 1. The molecule has 0 bridgehead atoms. The molecule has 1 aromatic heterocycles. The van der Waals surface area contributed by atoms with Crippen molar-refractivity contribution in [2.45, 2.75) is 70.8 Å². The highest BCUT2D eigenvalue weighted by Gasteiger charge is 2.42. The second kappa shape index (κ2) is 5.53. The molecule has 2 aliphatic rings. The number of hydrogen-bond acceptors (Lipinski definition) is 3. The highest BCUT2D eigenvalue weighted by Crippen LogP contribution is 2.46. The molecule has 1 N–H and O–H groups in total. The number of aryl methyl sites for hydroxylation is 2. The summed E-state index contributed by atoms with van der Waals surface area (Å²) < 4.78 is 0. The smallest absolute Gasteiger partial charge is 0.113 e. The summed E-state index contributed by atoms with van der Waals surface area (Å²) >= 11 is 2.01. The maximum Gasteiger partial charge on any atom is 0.113 e. The summed E-state index contributed by atoms with van der Waals surface area (Å²) in [4.78, 5) is 6.60. The molecule has 0 amide bonds. The van der Waals surface area contributed by atoms with Crippen LogP contribution in [-0.4, -0.2) is 11.5 Å². The molecule has 2 atom stereocenters. The molecule has 0 spiro atoms. The highest BCUT2D eigenvalue weighted by molar-refractivity contribution is 7.12. The fourth-order valence-corrected chi connectivity index (χ4v) is 5.04. The zero-order valence-corrected chi connectivity index (χ0v) is 13.1. The second-order valence-electron chi connectivity index (χ2n) is 6.27. The van der Waals surface area contributed by atoms with Crippen molar-refractivity contribution in [3.05, 3.63) is 15.6 Å². The molecule has 0 radical (unpaired) electrons. The van der Waals surface area contributed by atoms with Crippen LogP contribution in [0, 0.1) is 5.92 Å². The Labute approximate surface area is 121 Å². The van der Waals surface area contributed by atoms with Gasteiger partial charge in [-0.3, -0.25) is 0 Å². The Hall–Kier alpha value is -0.410. The van der Waals surface area contributed by atoms with Crippen molar-refractivity contribution in [2.24, 2.45) is 5.92 Å². The Morgan fingerprint density at radius 1 is 1.37 bits per heavy atom. The lowest BCUT2D eigenvalue weighted by Crippen LogP contribution is -2.40. The van der Waals surface area contributed by atoms with Gasteiger partial charge in [-0.05, 0) is 57.4 Å². The molecule has 3 heteroatoms. The number of thiazole rings is 1. The van der Waals surface area contributed by atoms with E-state index >= 15 is 0 Å². The van der Waals surface area contributed by atoms with Crippen molar-refractivity contribution >= 4 is 11.3 Å². The van der Waals surface area contributed by atoms with E-state index in [-0.39, 0.29) is 5.54 Å². The van der Waals surface area contributed by atoms with Crippen molar-refractivity contribution in [1.82, 2.24) is 10.3 Å². The minimum Gasteiger partial charge on any atom is -0.305 e. The van der Waals surface area contributed by atoms with Crippen LogP contribution in [0.2, 0.25) is 0 Å². The number of fused-ring (bicyclic) bond motifs is 1. The van der Waals surface area contributed by atoms with Crippen LogP contribution in [0.1, 0.15) is 68.0 Å². The standard InChI is InChI=1S/C16H26N2S/c1-3-10-17-16(9-8-12(4-2)11-16)15-18-13-6-5-7-14(13)19-15/h12,17H,3-11H2,1-2H3. The number of hydrogen-bond donors (Lipinski definition) is 1. The molecule has 1 fully saturated rings. The van der Waals surface area contributed by atoms with Crippen LogP contribution in [0.25, 0.3) is 0 Å². The van der Waals surface area contributed by atoms with Gasteiger partial charge in [0.25, 0.3) is 0 Å². The van der Waals surface area contributed by atoms with Gasteiger partial charge in [-0.1, -0.05) is 20.3 Å². The van der Waals surface area contributed by atoms with Crippen molar-refractivity contribution < 1.29 is 0 Å². The van der Waals surface area contributed by atoms with E-state index < -0.39 is 0 Å². The molecular formula is C16H26N2S. The van der Waals surface area contributed by atoms with E-state index in [0.29, 0.717) is 0 Å². The molecule has 1 heterocycles. The molecule has 0 aromatic carbocycles. The Morgan fingerprint density at radius 3 is 2.95 bits per heavy atom. The van der Waals surface area contributed by atoms with Crippen LogP contribution < -0.4 is 5.32 Å². The molecule has 2 aliphatic carbocycles. The first-order valence-corrected chi connectivity index (χ1v) is 8.83. The average Bonchev–Trinajstić information content (AvgIpc) is 3.10. The second-order valence-corrected chi connectivity index (χ2v) is 7.35. The van der Waals surface area contributed by atoms with Gasteiger partial charge in [0.2, 0.25) is 0 Å². The van der Waals surface area contributed by atoms with Gasteiger partial charge in [0, 0.05) is 4.88 Å². The lowest BCUT2D eigenvalue weighted by Gasteiger charge is -2.29. The monoisotopic (exact) mass is 278 g/mol. The topological polar surface area (TPSA) is 24.9 Å². The van der Waals surface area contributed by atoms with Gasteiger partial charge >= 0.3 is 0 Å². The number of nitrogens with one attached hydrogen (secondary N) is 1. The fourth-order valence-electron chi connectivity index (χ4n) is 3.69. The molecule has 2 unspecified atom stereocenters.